The summed E-state index contributed by atoms with van der Waals surface area (Å²) >= 11 is 0. The van der Waals surface area contributed by atoms with Crippen molar-refractivity contribution in [3.63, 3.8) is 0 Å². The van der Waals surface area contributed by atoms with E-state index in [9.17, 15) is 10.4 Å². The molecule has 0 aromatic heterocycles. The second-order valence-corrected chi connectivity index (χ2v) is 6.24. The molecule has 0 radical (unpaired) electrons. The van der Waals surface area contributed by atoms with E-state index in [1.165, 1.54) is 19.3 Å². The number of hydrogen-bond acceptors (Lipinski definition) is 2. The summed E-state index contributed by atoms with van der Waals surface area (Å²) in [5.41, 5.74) is 2.55. The Morgan fingerprint density at radius 1 is 1.05 bits per heavy atom. The first-order valence-corrected chi connectivity index (χ1v) is 7.76. The van der Waals surface area contributed by atoms with Crippen molar-refractivity contribution in [2.24, 2.45) is 5.41 Å². The van der Waals surface area contributed by atoms with Crippen LogP contribution in [0.2, 0.25) is 0 Å². The highest BCUT2D eigenvalue weighted by molar-refractivity contribution is 5.37. The number of rotatable bonds is 2. The van der Waals surface area contributed by atoms with Crippen molar-refractivity contribution in [3.8, 4) is 6.07 Å². The Labute approximate surface area is 122 Å². The maximum atomic E-state index is 11.0. The molecular weight excluding hydrogens is 246 g/mol. The number of nitriles is 1. The van der Waals surface area contributed by atoms with Gasteiger partial charge in [0.2, 0.25) is 0 Å². The van der Waals surface area contributed by atoms with Crippen LogP contribution < -0.4 is 0 Å². The van der Waals surface area contributed by atoms with Gasteiger partial charge in [-0.25, -0.2) is 0 Å². The van der Waals surface area contributed by atoms with Gasteiger partial charge in [-0.15, -0.1) is 0 Å². The van der Waals surface area contributed by atoms with E-state index in [1.54, 1.807) is 0 Å². The fraction of sp³-hybridized carbons (Fsp3) is 0.611. The maximum absolute atomic E-state index is 11.0. The van der Waals surface area contributed by atoms with Crippen molar-refractivity contribution in [1.29, 1.82) is 5.26 Å². The molecule has 1 fully saturated rings. The summed E-state index contributed by atoms with van der Waals surface area (Å²) in [6.45, 7) is 4.05. The Bertz CT molecular complexity index is 472. The Kier molecular flexibility index (Phi) is 4.83. The van der Waals surface area contributed by atoms with E-state index in [2.05, 4.69) is 6.07 Å². The minimum absolute atomic E-state index is 0.600. The molecule has 0 saturated heterocycles. The molecule has 1 saturated carbocycles. The molecule has 2 heteroatoms. The predicted molar refractivity (Wildman–Crippen MR) is 81.2 cm³/mol. The topological polar surface area (TPSA) is 44.0 Å². The van der Waals surface area contributed by atoms with Crippen molar-refractivity contribution >= 4 is 0 Å². The van der Waals surface area contributed by atoms with Gasteiger partial charge >= 0.3 is 0 Å². The number of nitrogens with zero attached hydrogens (tertiary/aromatic N) is 1. The second-order valence-electron chi connectivity index (χ2n) is 6.24. The predicted octanol–water partition coefficient (Wildman–Crippen LogP) is 4.59. The summed E-state index contributed by atoms with van der Waals surface area (Å²) in [6.07, 6.45) is 6.71. The highest BCUT2D eigenvalue weighted by Crippen LogP contribution is 2.45. The Balaban J connectivity index is 2.37. The quantitative estimate of drug-likeness (QED) is 0.855. The van der Waals surface area contributed by atoms with Gasteiger partial charge in [-0.1, -0.05) is 50.3 Å². The zero-order valence-corrected chi connectivity index (χ0v) is 12.7. The van der Waals surface area contributed by atoms with Crippen LogP contribution in [0.4, 0.5) is 0 Å². The lowest BCUT2D eigenvalue weighted by atomic mass is 9.70. The van der Waals surface area contributed by atoms with Crippen molar-refractivity contribution in [2.45, 2.75) is 64.9 Å². The fourth-order valence-electron chi connectivity index (χ4n) is 3.52. The number of aliphatic hydroxyl groups is 1. The third kappa shape index (κ3) is 2.88. The van der Waals surface area contributed by atoms with Crippen LogP contribution in [0.25, 0.3) is 0 Å². The average Bonchev–Trinajstić information content (AvgIpc) is 2.39. The summed E-state index contributed by atoms with van der Waals surface area (Å²) in [5, 5.41) is 20.7. The van der Waals surface area contributed by atoms with Crippen molar-refractivity contribution in [2.75, 3.05) is 0 Å². The zero-order chi connectivity index (χ0) is 14.6. The molecule has 0 bridgehead atoms. The largest absolute Gasteiger partial charge is 0.387 e. The van der Waals surface area contributed by atoms with Gasteiger partial charge < -0.3 is 5.11 Å². The molecule has 1 aliphatic rings. The molecule has 20 heavy (non-hydrogen) atoms. The number of aryl methyl sites for hydroxylation is 2. The lowest BCUT2D eigenvalue weighted by Gasteiger charge is -2.35. The molecule has 2 rings (SSSR count). The van der Waals surface area contributed by atoms with Crippen LogP contribution in [0.15, 0.2) is 18.2 Å². The summed E-state index contributed by atoms with van der Waals surface area (Å²) < 4.78 is 0. The first kappa shape index (κ1) is 15.1. The molecular formula is C18H25NO. The van der Waals surface area contributed by atoms with Gasteiger partial charge in [-0.05, 0) is 43.4 Å². The third-order valence-corrected chi connectivity index (χ3v) is 4.81. The summed E-state index contributed by atoms with van der Waals surface area (Å²) in [6, 6.07) is 8.55. The van der Waals surface area contributed by atoms with E-state index in [0.717, 1.165) is 42.4 Å². The molecule has 1 aliphatic carbocycles. The molecule has 0 heterocycles. The highest BCUT2D eigenvalue weighted by atomic mass is 16.3. The van der Waals surface area contributed by atoms with Crippen LogP contribution in [0.1, 0.15) is 67.7 Å². The van der Waals surface area contributed by atoms with Crippen LogP contribution >= 0.6 is 0 Å². The van der Waals surface area contributed by atoms with Crippen LogP contribution in [-0.4, -0.2) is 5.11 Å². The van der Waals surface area contributed by atoms with Gasteiger partial charge in [0.15, 0.2) is 0 Å². The number of hydrogen-bond donors (Lipinski definition) is 1. The van der Waals surface area contributed by atoms with Crippen LogP contribution in [-0.2, 0) is 0 Å². The SMILES string of the molecule is Cc1cccc(C)c1C(O)C1(C#N)CCCCCCC1. The second kappa shape index (κ2) is 6.41. The first-order valence-electron chi connectivity index (χ1n) is 7.76. The molecule has 1 atom stereocenters. The lowest BCUT2D eigenvalue weighted by Crippen LogP contribution is -2.29. The van der Waals surface area contributed by atoms with Crippen molar-refractivity contribution < 1.29 is 5.11 Å². The van der Waals surface area contributed by atoms with Crippen LogP contribution in [0.5, 0.6) is 0 Å². The van der Waals surface area contributed by atoms with E-state index in [1.807, 2.05) is 32.0 Å². The maximum Gasteiger partial charge on any atom is 0.0981 e. The van der Waals surface area contributed by atoms with Gasteiger partial charge in [0, 0.05) is 0 Å². The van der Waals surface area contributed by atoms with Gasteiger partial charge in [0.05, 0.1) is 17.6 Å². The fourth-order valence-corrected chi connectivity index (χ4v) is 3.52. The van der Waals surface area contributed by atoms with Gasteiger partial charge in [0.1, 0.15) is 0 Å². The van der Waals surface area contributed by atoms with Crippen LogP contribution in [0, 0.1) is 30.6 Å². The normalized spacial score (nSPS) is 20.5. The zero-order valence-electron chi connectivity index (χ0n) is 12.7. The van der Waals surface area contributed by atoms with E-state index in [4.69, 9.17) is 0 Å². The minimum atomic E-state index is -0.660. The third-order valence-electron chi connectivity index (χ3n) is 4.81. The molecule has 0 amide bonds. The highest BCUT2D eigenvalue weighted by Gasteiger charge is 2.39. The van der Waals surface area contributed by atoms with Crippen LogP contribution in [0.3, 0.4) is 0 Å². The smallest absolute Gasteiger partial charge is 0.0981 e. The van der Waals surface area contributed by atoms with E-state index in [0.29, 0.717) is 0 Å². The lowest BCUT2D eigenvalue weighted by molar-refractivity contribution is 0.0425. The molecule has 0 spiro atoms. The molecule has 1 aromatic carbocycles. The standard InChI is InChI=1S/C18H25NO/c1-14-9-8-10-15(2)16(14)17(20)18(13-19)11-6-4-3-5-7-12-18/h8-10,17,20H,3-7,11-12H2,1-2H3. The summed E-state index contributed by atoms with van der Waals surface area (Å²) in [7, 11) is 0. The first-order chi connectivity index (χ1) is 9.60. The van der Waals surface area contributed by atoms with Crippen molar-refractivity contribution in [3.05, 3.63) is 34.9 Å². The van der Waals surface area contributed by atoms with Gasteiger partial charge in [-0.3, -0.25) is 0 Å². The Morgan fingerprint density at radius 2 is 1.55 bits per heavy atom. The van der Waals surface area contributed by atoms with E-state index < -0.39 is 11.5 Å². The van der Waals surface area contributed by atoms with Gasteiger partial charge in [0.25, 0.3) is 0 Å². The average molecular weight is 271 g/mol. The number of benzene rings is 1. The summed E-state index contributed by atoms with van der Waals surface area (Å²) in [4.78, 5) is 0. The van der Waals surface area contributed by atoms with Gasteiger partial charge in [-0.2, -0.15) is 5.26 Å². The van der Waals surface area contributed by atoms with Crippen molar-refractivity contribution in [1.82, 2.24) is 0 Å². The molecule has 1 aromatic rings. The number of aliphatic hydroxyl groups excluding tert-OH is 1. The minimum Gasteiger partial charge on any atom is -0.387 e. The Morgan fingerprint density at radius 3 is 2.05 bits per heavy atom. The monoisotopic (exact) mass is 271 g/mol. The molecule has 0 aliphatic heterocycles. The molecule has 1 N–H and O–H groups in total. The summed E-state index contributed by atoms with van der Waals surface area (Å²) in [5.74, 6) is 0. The van der Waals surface area contributed by atoms with E-state index in [-0.39, 0.29) is 0 Å². The van der Waals surface area contributed by atoms with E-state index >= 15 is 0 Å². The molecule has 2 nitrogen and oxygen atoms in total. The Hall–Kier alpha value is -1.33. The molecule has 108 valence electrons. The molecule has 1 unspecified atom stereocenters.